The molecule has 608 valence electrons. The molecule has 0 saturated carbocycles. The Morgan fingerprint density at radius 1 is 0.248 bits per heavy atom. The summed E-state index contributed by atoms with van der Waals surface area (Å²) < 4.78 is 11.1. The maximum Gasteiger partial charge on any atom is 0.235 e. The van der Waals surface area contributed by atoms with Crippen molar-refractivity contribution >= 4 is 195 Å². The van der Waals surface area contributed by atoms with Gasteiger partial charge in [-0.05, 0) is 108 Å². The van der Waals surface area contributed by atoms with Crippen LogP contribution in [0.5, 0.6) is 0 Å². The highest BCUT2D eigenvalue weighted by Gasteiger charge is 2.45. The summed E-state index contributed by atoms with van der Waals surface area (Å²) in [5, 5.41) is 20.1. The summed E-state index contributed by atoms with van der Waals surface area (Å²) >= 11 is 5.75. The minimum absolute atomic E-state index is 0.114. The van der Waals surface area contributed by atoms with Crippen molar-refractivity contribution in [1.82, 2.24) is 48.6 Å². The summed E-state index contributed by atoms with van der Waals surface area (Å²) in [6.45, 7) is 14.2. The number of benzene rings is 15. The quantitative estimate of drug-likeness (QED) is 0.158. The van der Waals surface area contributed by atoms with Crippen molar-refractivity contribution in [2.24, 2.45) is 0 Å². The molecule has 0 atom stereocenters. The highest BCUT2D eigenvalue weighted by Crippen LogP contribution is 2.62. The van der Waals surface area contributed by atoms with Gasteiger partial charge in [-0.25, -0.2) is 24.9 Å². The number of pyridine rings is 3. The number of rotatable bonds is 5. The van der Waals surface area contributed by atoms with E-state index in [1.165, 1.54) is 166 Å². The predicted octanol–water partition coefficient (Wildman–Crippen LogP) is 30.9. The van der Waals surface area contributed by atoms with Crippen molar-refractivity contribution in [3.05, 3.63) is 386 Å². The molecule has 0 spiro atoms. The lowest BCUT2D eigenvalue weighted by Gasteiger charge is -2.22. The van der Waals surface area contributed by atoms with Crippen LogP contribution in [0.25, 0.3) is 232 Å². The summed E-state index contributed by atoms with van der Waals surface area (Å²) in [5.74, 6) is 2.33. The first-order chi connectivity index (χ1) is 63.3. The first-order valence-corrected chi connectivity index (χ1v) is 46.5. The van der Waals surface area contributed by atoms with Crippen LogP contribution in [0.2, 0.25) is 0 Å². The molecule has 11 aromatic heterocycles. The van der Waals surface area contributed by atoms with Gasteiger partial charge >= 0.3 is 0 Å². The Morgan fingerprint density at radius 2 is 0.628 bits per heavy atom. The monoisotopic (exact) mass is 1700 g/mol. The molecule has 11 heterocycles. The van der Waals surface area contributed by atoms with Crippen molar-refractivity contribution in [2.75, 3.05) is 0 Å². The van der Waals surface area contributed by atoms with E-state index in [9.17, 15) is 0 Å². The van der Waals surface area contributed by atoms with Gasteiger partial charge in [0.15, 0.2) is 0 Å². The highest BCUT2D eigenvalue weighted by atomic mass is 32.1. The molecule has 0 aliphatic heterocycles. The van der Waals surface area contributed by atoms with Gasteiger partial charge in [0, 0.05) is 137 Å². The average Bonchev–Trinajstić information content (AvgIpc) is 1.53. The molecule has 0 fully saturated rings. The van der Waals surface area contributed by atoms with E-state index >= 15 is 0 Å². The Labute approximate surface area is 752 Å². The molecule has 3 aliphatic rings. The standard InChI is InChI=1S/C41H27N3S.C40H26N4S.C35H23N3S/c1-41(2)31-19-11-10-18-29(31)38-34(41)37-39(45-38)30-22-20-25-13-7-9-17-28(25)36(30)44(37)40-42-32-23-21-24-12-6-8-16-27(24)33(32)35(43-40)26-14-4-3-5-15-26;1-40(2)31-14-8-7-13-28(31)37-32(40)36-38(45-37)30-18-16-24-10-4-6-12-27(24)35(30)44(36)39-42-33(25-19-21-41-22-20-25)29-17-15-23-9-3-5-11-26(23)34(29)43-39;1-35(2)26-12-6-5-11-24(26)33-28(35)32-34(39-33)25-17-15-20-8-3-4-10-23(20)31(25)38(32)27-18-16-22-14-13-21-9-7-19-36-29(21)30(22)37-27/h3-23H,1-2H3;3-22H,1-2H3;3-19H,1-2H3. The van der Waals surface area contributed by atoms with Gasteiger partial charge in [0.05, 0.1) is 80.7 Å². The third-order valence-corrected chi connectivity index (χ3v) is 31.8. The first-order valence-electron chi connectivity index (χ1n) is 44.1. The first kappa shape index (κ1) is 74.0. The van der Waals surface area contributed by atoms with E-state index in [0.717, 1.165) is 88.2 Å². The van der Waals surface area contributed by atoms with Crippen LogP contribution in [0.1, 0.15) is 74.9 Å². The van der Waals surface area contributed by atoms with E-state index < -0.39 is 0 Å². The zero-order valence-electron chi connectivity index (χ0n) is 71.2. The molecule has 29 rings (SSSR count). The van der Waals surface area contributed by atoms with Gasteiger partial charge in [-0.2, -0.15) is 0 Å². The van der Waals surface area contributed by atoms with E-state index in [4.69, 9.17) is 29.9 Å². The average molecular weight is 1710 g/mol. The Morgan fingerprint density at radius 3 is 1.16 bits per heavy atom. The highest BCUT2D eigenvalue weighted by molar-refractivity contribution is 7.24. The second-order valence-electron chi connectivity index (χ2n) is 36.1. The summed E-state index contributed by atoms with van der Waals surface area (Å²) in [6.07, 6.45) is 5.54. The molecule has 26 aromatic rings. The third kappa shape index (κ3) is 10.5. The molecular formula is C116H76N10S3. The van der Waals surface area contributed by atoms with Crippen molar-refractivity contribution in [1.29, 1.82) is 0 Å². The van der Waals surface area contributed by atoms with Crippen LogP contribution < -0.4 is 0 Å². The summed E-state index contributed by atoms with van der Waals surface area (Å²) in [7, 11) is 0. The Kier molecular flexibility index (Phi) is 15.7. The van der Waals surface area contributed by atoms with E-state index in [1.807, 2.05) is 70.8 Å². The van der Waals surface area contributed by atoms with Gasteiger partial charge in [0.2, 0.25) is 11.9 Å². The fraction of sp³-hybridized carbons (Fsp3) is 0.0776. The van der Waals surface area contributed by atoms with E-state index in [-0.39, 0.29) is 16.2 Å². The molecule has 0 radical (unpaired) electrons. The van der Waals surface area contributed by atoms with Crippen LogP contribution in [0.3, 0.4) is 0 Å². The smallest absolute Gasteiger partial charge is 0.235 e. The normalized spacial score (nSPS) is 13.8. The number of thiophene rings is 3. The molecular weight excluding hydrogens is 1630 g/mol. The fourth-order valence-electron chi connectivity index (χ4n) is 22.2. The van der Waals surface area contributed by atoms with Crippen molar-refractivity contribution in [3.8, 4) is 71.6 Å². The van der Waals surface area contributed by atoms with Crippen molar-refractivity contribution < 1.29 is 0 Å². The van der Waals surface area contributed by atoms with Crippen LogP contribution in [0, 0.1) is 0 Å². The lowest BCUT2D eigenvalue weighted by Crippen LogP contribution is -2.16. The molecule has 13 heteroatoms. The van der Waals surface area contributed by atoms with Crippen LogP contribution >= 0.6 is 34.0 Å². The molecule has 129 heavy (non-hydrogen) atoms. The lowest BCUT2D eigenvalue weighted by molar-refractivity contribution is 0.664. The molecule has 0 saturated heterocycles. The van der Waals surface area contributed by atoms with Gasteiger partial charge < -0.3 is 0 Å². The molecule has 0 unspecified atom stereocenters. The fourth-order valence-corrected chi connectivity index (χ4v) is 26.7. The van der Waals surface area contributed by atoms with E-state index in [0.29, 0.717) is 11.9 Å². The van der Waals surface area contributed by atoms with Crippen LogP contribution in [0.15, 0.2) is 352 Å². The second kappa shape index (κ2) is 27.4. The zero-order chi connectivity index (χ0) is 85.6. The Hall–Kier alpha value is -15.3. The van der Waals surface area contributed by atoms with Gasteiger partial charge in [0.1, 0.15) is 5.82 Å². The molecule has 0 N–H and O–H groups in total. The predicted molar refractivity (Wildman–Crippen MR) is 542 cm³/mol. The largest absolute Gasteiger partial charge is 0.292 e. The minimum Gasteiger partial charge on any atom is -0.292 e. The molecule has 10 nitrogen and oxygen atoms in total. The second-order valence-corrected chi connectivity index (χ2v) is 39.2. The molecule has 15 aromatic carbocycles. The SMILES string of the molecule is CC1(C)c2ccccc2-c2sc3c4ccc5ccccc5c4n(-c4ccc5ccc6cccnc6c5n4)c3c21.CC1(C)c2ccccc2-c2sc3c4ccc5ccccc5c4n(-c4nc(-c5ccccc5)c5c(ccc6ccccc65)n4)c3c21.CC1(C)c2ccccc2-c2sc3c4ccc5ccccc5c4n(-c4nc(-c5ccncc5)c5ccc6ccccc6c5n4)c3c21. The van der Waals surface area contributed by atoms with E-state index in [1.54, 1.807) is 0 Å². The van der Waals surface area contributed by atoms with E-state index in [2.05, 4.69) is 376 Å². The maximum atomic E-state index is 5.53. The summed E-state index contributed by atoms with van der Waals surface area (Å²) in [4.78, 5) is 40.4. The third-order valence-electron chi connectivity index (χ3n) is 28.0. The van der Waals surface area contributed by atoms with Crippen LogP contribution in [-0.4, -0.2) is 48.6 Å². The van der Waals surface area contributed by atoms with Crippen LogP contribution in [0.4, 0.5) is 0 Å². The zero-order valence-corrected chi connectivity index (χ0v) is 73.6. The topological polar surface area (TPSA) is 105 Å². The minimum atomic E-state index is -0.177. The Bertz CT molecular complexity index is 9380. The number of hydrogen-bond donors (Lipinski definition) is 0. The maximum absolute atomic E-state index is 5.53. The Balaban J connectivity index is 0.000000100. The lowest BCUT2D eigenvalue weighted by atomic mass is 9.82. The van der Waals surface area contributed by atoms with Gasteiger partial charge in [-0.15, -0.1) is 34.0 Å². The summed E-state index contributed by atoms with van der Waals surface area (Å²) in [6, 6.07) is 120. The van der Waals surface area contributed by atoms with Crippen molar-refractivity contribution in [3.63, 3.8) is 0 Å². The molecule has 3 aliphatic carbocycles. The number of aromatic nitrogens is 10. The van der Waals surface area contributed by atoms with Crippen LogP contribution in [-0.2, 0) is 16.2 Å². The number of fused-ring (bicyclic) bond motifs is 36. The van der Waals surface area contributed by atoms with Gasteiger partial charge in [-0.1, -0.05) is 333 Å². The number of hydrogen-bond acceptors (Lipinski definition) is 10. The number of nitrogens with zero attached hydrogens (tertiary/aromatic N) is 10. The van der Waals surface area contributed by atoms with Crippen molar-refractivity contribution in [2.45, 2.75) is 57.8 Å². The molecule has 0 amide bonds. The summed E-state index contributed by atoms with van der Waals surface area (Å²) in [5.41, 5.74) is 26.9. The van der Waals surface area contributed by atoms with Gasteiger partial charge in [0.25, 0.3) is 0 Å². The molecule has 0 bridgehead atoms. The van der Waals surface area contributed by atoms with Gasteiger partial charge in [-0.3, -0.25) is 23.7 Å².